The van der Waals surface area contributed by atoms with Gasteiger partial charge in [0.25, 0.3) is 0 Å². The number of para-hydroxylation sites is 3. The fourth-order valence-electron chi connectivity index (χ4n) is 4.60. The number of halogens is 1. The minimum atomic E-state index is -0.634. The molecule has 4 aromatic rings. The van der Waals surface area contributed by atoms with E-state index in [0.29, 0.717) is 36.3 Å². The van der Waals surface area contributed by atoms with E-state index in [1.807, 2.05) is 30.3 Å². The van der Waals surface area contributed by atoms with Gasteiger partial charge in [0, 0.05) is 18.7 Å². The van der Waals surface area contributed by atoms with E-state index in [9.17, 15) is 18.8 Å². The van der Waals surface area contributed by atoms with E-state index in [1.165, 1.54) is 23.8 Å². The van der Waals surface area contributed by atoms with Gasteiger partial charge in [0.1, 0.15) is 11.6 Å². The number of rotatable bonds is 5. The van der Waals surface area contributed by atoms with Crippen molar-refractivity contribution in [1.29, 1.82) is 0 Å². The quantitative estimate of drug-likeness (QED) is 0.392. The number of carbonyl (C=O) groups excluding carboxylic acids is 2. The number of fused-ring (bicyclic) bond motifs is 1. The maximum Gasteiger partial charge on any atom is 0.415 e. The molecule has 1 fully saturated rings. The van der Waals surface area contributed by atoms with Crippen molar-refractivity contribution in [3.8, 4) is 5.75 Å². The Morgan fingerprint density at radius 1 is 1.00 bits per heavy atom. The van der Waals surface area contributed by atoms with Crippen LogP contribution in [0, 0.1) is 5.82 Å². The summed E-state index contributed by atoms with van der Waals surface area (Å²) in [6.45, 7) is 0.764. The maximum atomic E-state index is 14.8. The highest BCUT2D eigenvalue weighted by Gasteiger charge is 2.31. The molecule has 1 aliphatic rings. The predicted molar refractivity (Wildman–Crippen MR) is 131 cm³/mol. The van der Waals surface area contributed by atoms with E-state index >= 15 is 0 Å². The number of benzene rings is 3. The van der Waals surface area contributed by atoms with Crippen molar-refractivity contribution in [2.75, 3.05) is 20.2 Å². The summed E-state index contributed by atoms with van der Waals surface area (Å²) in [5, 5.41) is 0. The fraction of sp³-hybridized carbons (Fsp3) is 0.222. The van der Waals surface area contributed by atoms with Crippen LogP contribution < -0.4 is 10.4 Å². The first kappa shape index (κ1) is 23.3. The molecular formula is C27H24FN3O5. The molecule has 1 unspecified atom stereocenters. The Kier molecular flexibility index (Phi) is 6.28. The zero-order chi connectivity index (χ0) is 25.2. The summed E-state index contributed by atoms with van der Waals surface area (Å²) in [4.78, 5) is 39.5. The number of hydrogen-bond acceptors (Lipinski definition) is 5. The molecule has 1 amide bonds. The van der Waals surface area contributed by atoms with Crippen LogP contribution in [-0.2, 0) is 11.3 Å². The van der Waals surface area contributed by atoms with Crippen molar-refractivity contribution in [2.45, 2.75) is 19.0 Å². The molecule has 0 radical (unpaired) electrons. The summed E-state index contributed by atoms with van der Waals surface area (Å²) >= 11 is 0. The number of likely N-dealkylation sites (tertiary alicyclic amines) is 1. The number of esters is 1. The van der Waals surface area contributed by atoms with Crippen LogP contribution in [0.4, 0.5) is 9.18 Å². The van der Waals surface area contributed by atoms with Crippen LogP contribution in [0.1, 0.15) is 28.4 Å². The Labute approximate surface area is 206 Å². The first-order chi connectivity index (χ1) is 17.5. The number of amides is 1. The minimum absolute atomic E-state index is 0.00782. The standard InChI is InChI=1S/C27H24FN3O5/c1-35-25(32)18-11-12-19(22(28)15-18)16-30-23-9-5-6-10-24(23)31(26(30)33)20-13-14-29(17-20)27(34)36-21-7-3-2-4-8-21/h2-12,15,20H,13-14,16-17H2,1H3. The van der Waals surface area contributed by atoms with E-state index in [0.717, 1.165) is 6.07 Å². The lowest BCUT2D eigenvalue weighted by molar-refractivity contribution is 0.0600. The van der Waals surface area contributed by atoms with Crippen LogP contribution in [0.15, 0.2) is 77.6 Å². The molecule has 36 heavy (non-hydrogen) atoms. The maximum absolute atomic E-state index is 14.8. The van der Waals surface area contributed by atoms with Gasteiger partial charge in [0.15, 0.2) is 0 Å². The van der Waals surface area contributed by atoms with Gasteiger partial charge in [-0.15, -0.1) is 0 Å². The third-order valence-corrected chi connectivity index (χ3v) is 6.41. The highest BCUT2D eigenvalue weighted by molar-refractivity contribution is 5.89. The molecule has 9 heteroatoms. The second-order valence-corrected chi connectivity index (χ2v) is 8.59. The van der Waals surface area contributed by atoms with Gasteiger partial charge in [-0.25, -0.2) is 18.8 Å². The number of methoxy groups -OCH3 is 1. The molecule has 0 aliphatic carbocycles. The smallest absolute Gasteiger partial charge is 0.415 e. The summed E-state index contributed by atoms with van der Waals surface area (Å²) in [5.41, 5.74) is 1.44. The van der Waals surface area contributed by atoms with Crippen molar-refractivity contribution in [3.63, 3.8) is 0 Å². The molecule has 1 atom stereocenters. The second-order valence-electron chi connectivity index (χ2n) is 8.59. The zero-order valence-corrected chi connectivity index (χ0v) is 19.6. The van der Waals surface area contributed by atoms with E-state index in [4.69, 9.17) is 4.74 Å². The minimum Gasteiger partial charge on any atom is -0.465 e. The predicted octanol–water partition coefficient (Wildman–Crippen LogP) is 4.22. The van der Waals surface area contributed by atoms with Gasteiger partial charge in [0.2, 0.25) is 0 Å². The molecule has 1 aliphatic heterocycles. The number of nitrogens with zero attached hydrogens (tertiary/aromatic N) is 3. The Morgan fingerprint density at radius 2 is 1.72 bits per heavy atom. The topological polar surface area (TPSA) is 82.8 Å². The van der Waals surface area contributed by atoms with Crippen LogP contribution in [-0.4, -0.2) is 46.3 Å². The Balaban J connectivity index is 1.42. The van der Waals surface area contributed by atoms with Crippen molar-refractivity contribution < 1.29 is 23.5 Å². The lowest BCUT2D eigenvalue weighted by atomic mass is 10.1. The van der Waals surface area contributed by atoms with E-state index in [-0.39, 0.29) is 29.4 Å². The normalized spacial score (nSPS) is 15.3. The van der Waals surface area contributed by atoms with Crippen molar-refractivity contribution >= 4 is 23.1 Å². The summed E-state index contributed by atoms with van der Waals surface area (Å²) in [7, 11) is 1.23. The van der Waals surface area contributed by atoms with Gasteiger partial charge in [-0.1, -0.05) is 36.4 Å². The fourth-order valence-corrected chi connectivity index (χ4v) is 4.60. The summed E-state index contributed by atoms with van der Waals surface area (Å²) in [5.74, 6) is -0.775. The van der Waals surface area contributed by atoms with Gasteiger partial charge in [-0.05, 0) is 42.8 Å². The lowest BCUT2D eigenvalue weighted by Gasteiger charge is -2.17. The van der Waals surface area contributed by atoms with Gasteiger partial charge >= 0.3 is 17.8 Å². The first-order valence-electron chi connectivity index (χ1n) is 11.5. The molecule has 1 saturated heterocycles. The second kappa shape index (κ2) is 9.69. The van der Waals surface area contributed by atoms with Crippen molar-refractivity contribution in [1.82, 2.24) is 14.0 Å². The molecule has 184 valence electrons. The number of hydrogen-bond donors (Lipinski definition) is 0. The third kappa shape index (κ3) is 4.35. The average molecular weight is 490 g/mol. The molecule has 2 heterocycles. The lowest BCUT2D eigenvalue weighted by Crippen LogP contribution is -2.33. The summed E-state index contributed by atoms with van der Waals surface area (Å²) < 4.78 is 28.1. The highest BCUT2D eigenvalue weighted by atomic mass is 19.1. The van der Waals surface area contributed by atoms with Gasteiger partial charge in [-0.3, -0.25) is 9.13 Å². The molecule has 0 N–H and O–H groups in total. The van der Waals surface area contributed by atoms with Crippen LogP contribution in [0.2, 0.25) is 0 Å². The van der Waals surface area contributed by atoms with Crippen LogP contribution in [0.25, 0.3) is 11.0 Å². The largest absolute Gasteiger partial charge is 0.465 e. The molecule has 5 rings (SSSR count). The zero-order valence-electron chi connectivity index (χ0n) is 19.6. The number of carbonyl (C=O) groups is 2. The molecule has 0 saturated carbocycles. The SMILES string of the molecule is COC(=O)c1ccc(Cn2c(=O)n(C3CCN(C(=O)Oc4ccccc4)C3)c3ccccc32)c(F)c1. The number of ether oxygens (including phenoxy) is 2. The van der Waals surface area contributed by atoms with Crippen LogP contribution in [0.5, 0.6) is 5.75 Å². The molecular weight excluding hydrogens is 465 g/mol. The number of aromatic nitrogens is 2. The monoisotopic (exact) mass is 489 g/mol. The van der Waals surface area contributed by atoms with E-state index < -0.39 is 17.9 Å². The van der Waals surface area contributed by atoms with Crippen LogP contribution in [0.3, 0.4) is 0 Å². The highest BCUT2D eigenvalue weighted by Crippen LogP contribution is 2.26. The van der Waals surface area contributed by atoms with Gasteiger partial charge in [-0.2, -0.15) is 0 Å². The molecule has 0 spiro atoms. The summed E-state index contributed by atoms with van der Waals surface area (Å²) in [6.07, 6.45) is 0.119. The molecule has 3 aromatic carbocycles. The average Bonchev–Trinajstić information content (AvgIpc) is 3.48. The molecule has 0 bridgehead atoms. The van der Waals surface area contributed by atoms with E-state index in [2.05, 4.69) is 4.74 Å². The van der Waals surface area contributed by atoms with Gasteiger partial charge in [0.05, 0.1) is 36.3 Å². The van der Waals surface area contributed by atoms with Gasteiger partial charge < -0.3 is 14.4 Å². The van der Waals surface area contributed by atoms with Crippen LogP contribution >= 0.6 is 0 Å². The van der Waals surface area contributed by atoms with Crippen molar-refractivity contribution in [2.24, 2.45) is 0 Å². The molecule has 8 nitrogen and oxygen atoms in total. The van der Waals surface area contributed by atoms with E-state index in [1.54, 1.807) is 33.7 Å². The Hall–Kier alpha value is -4.40. The third-order valence-electron chi connectivity index (χ3n) is 6.41. The molecule has 1 aromatic heterocycles. The first-order valence-corrected chi connectivity index (χ1v) is 11.5. The summed E-state index contributed by atoms with van der Waals surface area (Å²) in [6, 6.07) is 20.0. The number of imidazole rings is 1. The Morgan fingerprint density at radius 3 is 2.44 bits per heavy atom. The van der Waals surface area contributed by atoms with Crippen molar-refractivity contribution in [3.05, 3.63) is 100 Å². The Bertz CT molecular complexity index is 1490.